The van der Waals surface area contributed by atoms with E-state index in [1.54, 1.807) is 4.68 Å². The molecule has 0 radical (unpaired) electrons. The molecular formula is C19H25N3O. The zero-order chi connectivity index (χ0) is 16.4. The van der Waals surface area contributed by atoms with Crippen molar-refractivity contribution < 1.29 is 4.79 Å². The van der Waals surface area contributed by atoms with Crippen LogP contribution in [0, 0.1) is 6.92 Å². The highest BCUT2D eigenvalue weighted by Gasteiger charge is 2.35. The van der Waals surface area contributed by atoms with Gasteiger partial charge in [-0.2, -0.15) is 5.10 Å². The first-order valence-corrected chi connectivity index (χ1v) is 8.48. The van der Waals surface area contributed by atoms with Crippen LogP contribution >= 0.6 is 0 Å². The molecule has 1 amide bonds. The molecule has 1 aromatic heterocycles. The molecular weight excluding hydrogens is 286 g/mol. The molecule has 1 aliphatic rings. The van der Waals surface area contributed by atoms with Gasteiger partial charge in [0, 0.05) is 25.6 Å². The number of rotatable bonds is 4. The summed E-state index contributed by atoms with van der Waals surface area (Å²) >= 11 is 0. The van der Waals surface area contributed by atoms with Gasteiger partial charge in [0.1, 0.15) is 5.69 Å². The number of benzene rings is 1. The molecule has 0 bridgehead atoms. The normalized spacial score (nSPS) is 19.1. The maximum atomic E-state index is 13.0. The molecule has 1 saturated heterocycles. The molecule has 4 nitrogen and oxygen atoms in total. The van der Waals surface area contributed by atoms with E-state index >= 15 is 0 Å². The summed E-state index contributed by atoms with van der Waals surface area (Å²) in [6.45, 7) is 4.99. The fourth-order valence-electron chi connectivity index (χ4n) is 3.85. The molecule has 2 aromatic rings. The summed E-state index contributed by atoms with van der Waals surface area (Å²) < 4.78 is 1.70. The summed E-state index contributed by atoms with van der Waals surface area (Å²) in [4.78, 5) is 15.1. The monoisotopic (exact) mass is 311 g/mol. The van der Waals surface area contributed by atoms with Crippen LogP contribution in [0.25, 0.3) is 0 Å². The van der Waals surface area contributed by atoms with E-state index in [9.17, 15) is 4.79 Å². The topological polar surface area (TPSA) is 38.1 Å². The second-order valence-electron chi connectivity index (χ2n) is 6.43. The molecule has 1 aliphatic heterocycles. The van der Waals surface area contributed by atoms with Crippen LogP contribution in [-0.4, -0.2) is 33.2 Å². The summed E-state index contributed by atoms with van der Waals surface area (Å²) in [7, 11) is 1.85. The van der Waals surface area contributed by atoms with Gasteiger partial charge in [0.25, 0.3) is 5.91 Å². The van der Waals surface area contributed by atoms with E-state index in [1.165, 1.54) is 5.56 Å². The molecule has 2 heterocycles. The molecule has 23 heavy (non-hydrogen) atoms. The predicted octanol–water partition coefficient (Wildman–Crippen LogP) is 3.53. The Balaban J connectivity index is 1.87. The quantitative estimate of drug-likeness (QED) is 0.866. The van der Waals surface area contributed by atoms with Gasteiger partial charge in [-0.3, -0.25) is 9.48 Å². The van der Waals surface area contributed by atoms with Gasteiger partial charge in [-0.1, -0.05) is 37.3 Å². The van der Waals surface area contributed by atoms with Gasteiger partial charge in [0.2, 0.25) is 0 Å². The molecule has 0 N–H and O–H groups in total. The number of aromatic nitrogens is 2. The number of hydrogen-bond acceptors (Lipinski definition) is 2. The molecule has 0 aliphatic carbocycles. The average Bonchev–Trinajstić information content (AvgIpc) is 3.15. The average molecular weight is 311 g/mol. The Hall–Kier alpha value is -2.10. The first-order valence-electron chi connectivity index (χ1n) is 8.48. The van der Waals surface area contributed by atoms with Crippen molar-refractivity contribution in [2.75, 3.05) is 6.54 Å². The molecule has 0 spiro atoms. The third-order valence-electron chi connectivity index (χ3n) is 4.91. The highest BCUT2D eigenvalue weighted by molar-refractivity contribution is 5.93. The van der Waals surface area contributed by atoms with Crippen molar-refractivity contribution in [2.45, 2.75) is 45.1 Å². The minimum atomic E-state index is 0.116. The second-order valence-corrected chi connectivity index (χ2v) is 6.43. The summed E-state index contributed by atoms with van der Waals surface area (Å²) in [6, 6.07) is 12.8. The standard InChI is InChI=1S/C19H25N3O/c1-4-16(15-9-6-5-7-10-15)17-11-8-12-22(17)19(23)18-13-14(2)20-21(18)3/h5-7,9-10,13,16-17H,4,8,11-12H2,1-3H3/t16-,17+/m1/s1. The predicted molar refractivity (Wildman–Crippen MR) is 91.5 cm³/mol. The molecule has 4 heteroatoms. The zero-order valence-electron chi connectivity index (χ0n) is 14.2. The third-order valence-corrected chi connectivity index (χ3v) is 4.91. The Labute approximate surface area is 138 Å². The number of carbonyl (C=O) groups is 1. The van der Waals surface area contributed by atoms with Gasteiger partial charge >= 0.3 is 0 Å². The zero-order valence-corrected chi connectivity index (χ0v) is 14.2. The van der Waals surface area contributed by atoms with Gasteiger partial charge in [0.15, 0.2) is 0 Å². The molecule has 0 unspecified atom stereocenters. The van der Waals surface area contributed by atoms with Crippen LogP contribution in [0.2, 0.25) is 0 Å². The van der Waals surface area contributed by atoms with Crippen LogP contribution in [0.3, 0.4) is 0 Å². The molecule has 0 saturated carbocycles. The Morgan fingerprint density at radius 3 is 2.70 bits per heavy atom. The Morgan fingerprint density at radius 1 is 1.35 bits per heavy atom. The fraction of sp³-hybridized carbons (Fsp3) is 0.474. The number of nitrogens with zero attached hydrogens (tertiary/aromatic N) is 3. The van der Waals surface area contributed by atoms with Crippen molar-refractivity contribution in [1.82, 2.24) is 14.7 Å². The summed E-state index contributed by atoms with van der Waals surface area (Å²) in [6.07, 6.45) is 3.20. The molecule has 2 atom stereocenters. The first-order chi connectivity index (χ1) is 11.1. The van der Waals surface area contributed by atoms with Crippen molar-refractivity contribution in [2.24, 2.45) is 7.05 Å². The van der Waals surface area contributed by atoms with Crippen molar-refractivity contribution in [3.05, 3.63) is 53.3 Å². The second kappa shape index (κ2) is 6.57. The summed E-state index contributed by atoms with van der Waals surface area (Å²) in [5.74, 6) is 0.516. The van der Waals surface area contributed by atoms with Crippen LogP contribution in [-0.2, 0) is 7.05 Å². The van der Waals surface area contributed by atoms with Gasteiger partial charge in [-0.25, -0.2) is 0 Å². The van der Waals surface area contributed by atoms with Gasteiger partial charge in [-0.15, -0.1) is 0 Å². The van der Waals surface area contributed by atoms with Crippen molar-refractivity contribution >= 4 is 5.91 Å². The van der Waals surface area contributed by atoms with E-state index in [1.807, 2.05) is 26.1 Å². The Morgan fingerprint density at radius 2 is 2.09 bits per heavy atom. The molecule has 122 valence electrons. The third kappa shape index (κ3) is 3.03. The number of carbonyl (C=O) groups excluding carboxylic acids is 1. The van der Waals surface area contributed by atoms with Crippen LogP contribution in [0.5, 0.6) is 0 Å². The first kappa shape index (κ1) is 15.8. The lowest BCUT2D eigenvalue weighted by Gasteiger charge is -2.31. The molecule has 1 aromatic carbocycles. The van der Waals surface area contributed by atoms with E-state index in [2.05, 4.69) is 41.2 Å². The summed E-state index contributed by atoms with van der Waals surface area (Å²) in [5.41, 5.74) is 2.92. The molecule has 1 fully saturated rings. The van der Waals surface area contributed by atoms with E-state index in [0.29, 0.717) is 11.6 Å². The fourth-order valence-corrected chi connectivity index (χ4v) is 3.85. The van der Waals surface area contributed by atoms with E-state index in [4.69, 9.17) is 0 Å². The maximum absolute atomic E-state index is 13.0. The number of likely N-dealkylation sites (tertiary alicyclic amines) is 1. The van der Waals surface area contributed by atoms with Crippen LogP contribution < -0.4 is 0 Å². The number of hydrogen-bond donors (Lipinski definition) is 0. The minimum absolute atomic E-state index is 0.116. The minimum Gasteiger partial charge on any atom is -0.334 e. The summed E-state index contributed by atoms with van der Waals surface area (Å²) in [5, 5.41) is 4.32. The smallest absolute Gasteiger partial charge is 0.272 e. The molecule has 3 rings (SSSR count). The highest BCUT2D eigenvalue weighted by Crippen LogP contribution is 2.34. The van der Waals surface area contributed by atoms with Gasteiger partial charge in [-0.05, 0) is 37.8 Å². The Kier molecular flexibility index (Phi) is 4.51. The number of amides is 1. The van der Waals surface area contributed by atoms with Gasteiger partial charge in [0.05, 0.1) is 5.69 Å². The van der Waals surface area contributed by atoms with E-state index in [-0.39, 0.29) is 11.9 Å². The van der Waals surface area contributed by atoms with Crippen molar-refractivity contribution in [3.8, 4) is 0 Å². The van der Waals surface area contributed by atoms with Gasteiger partial charge < -0.3 is 4.90 Å². The SMILES string of the molecule is CC[C@H](c1ccccc1)[C@@H]1CCCN1C(=O)c1cc(C)nn1C. The van der Waals surface area contributed by atoms with Crippen molar-refractivity contribution in [1.29, 1.82) is 0 Å². The number of aryl methyl sites for hydroxylation is 2. The lowest BCUT2D eigenvalue weighted by molar-refractivity contribution is 0.0703. The van der Waals surface area contributed by atoms with E-state index in [0.717, 1.165) is 31.5 Å². The lowest BCUT2D eigenvalue weighted by Crippen LogP contribution is -2.40. The van der Waals surface area contributed by atoms with Crippen LogP contribution in [0.15, 0.2) is 36.4 Å². The lowest BCUT2D eigenvalue weighted by atomic mass is 9.87. The largest absolute Gasteiger partial charge is 0.334 e. The maximum Gasteiger partial charge on any atom is 0.272 e. The van der Waals surface area contributed by atoms with Crippen LogP contribution in [0.1, 0.15) is 53.8 Å². The van der Waals surface area contributed by atoms with Crippen molar-refractivity contribution in [3.63, 3.8) is 0 Å². The van der Waals surface area contributed by atoms with E-state index < -0.39 is 0 Å². The van der Waals surface area contributed by atoms with Crippen LogP contribution in [0.4, 0.5) is 0 Å². The Bertz CT molecular complexity index is 677. The highest BCUT2D eigenvalue weighted by atomic mass is 16.2.